The molecule has 2 amide bonds. The van der Waals surface area contributed by atoms with Crippen molar-refractivity contribution in [1.29, 1.82) is 0 Å². The molecule has 0 aliphatic heterocycles. The van der Waals surface area contributed by atoms with Gasteiger partial charge in [-0.1, -0.05) is 72.8 Å². The van der Waals surface area contributed by atoms with Gasteiger partial charge in [0.15, 0.2) is 0 Å². The fourth-order valence-electron chi connectivity index (χ4n) is 2.43. The molecule has 0 bridgehead atoms. The molecule has 0 aliphatic carbocycles. The van der Waals surface area contributed by atoms with E-state index >= 15 is 0 Å². The highest BCUT2D eigenvalue weighted by Gasteiger charge is 2.11. The summed E-state index contributed by atoms with van der Waals surface area (Å²) >= 11 is 0. The third kappa shape index (κ3) is 4.29. The second kappa shape index (κ2) is 7.88. The van der Waals surface area contributed by atoms with Crippen LogP contribution >= 0.6 is 0 Å². The third-order valence-electron chi connectivity index (χ3n) is 3.70. The van der Waals surface area contributed by atoms with Gasteiger partial charge in [-0.25, -0.2) is 5.43 Å². The summed E-state index contributed by atoms with van der Waals surface area (Å²) in [6.07, 6.45) is 1.53. The molecule has 0 radical (unpaired) electrons. The van der Waals surface area contributed by atoms with E-state index in [1.54, 1.807) is 0 Å². The van der Waals surface area contributed by atoms with E-state index in [9.17, 15) is 9.59 Å². The Morgan fingerprint density at radius 2 is 1.56 bits per heavy atom. The summed E-state index contributed by atoms with van der Waals surface area (Å²) in [5.74, 6) is -1.52. The average Bonchev–Trinajstić information content (AvgIpc) is 2.67. The minimum atomic E-state index is -0.799. The molecule has 0 atom stereocenters. The molecule has 0 aromatic heterocycles. The van der Waals surface area contributed by atoms with Crippen molar-refractivity contribution in [2.75, 3.05) is 0 Å². The van der Waals surface area contributed by atoms with E-state index in [0.29, 0.717) is 6.54 Å². The van der Waals surface area contributed by atoms with E-state index in [2.05, 4.69) is 15.8 Å². The molecule has 3 rings (SSSR count). The van der Waals surface area contributed by atoms with Gasteiger partial charge in [-0.3, -0.25) is 9.59 Å². The number of nitrogens with one attached hydrogen (secondary N) is 2. The molecule has 124 valence electrons. The third-order valence-corrected chi connectivity index (χ3v) is 3.70. The molecule has 25 heavy (non-hydrogen) atoms. The molecule has 0 saturated heterocycles. The average molecular weight is 331 g/mol. The van der Waals surface area contributed by atoms with Crippen molar-refractivity contribution in [2.45, 2.75) is 6.54 Å². The minimum absolute atomic E-state index is 0.292. The zero-order valence-corrected chi connectivity index (χ0v) is 13.5. The second-order valence-electron chi connectivity index (χ2n) is 5.44. The smallest absolute Gasteiger partial charge is 0.329 e. The van der Waals surface area contributed by atoms with Crippen LogP contribution in [0.3, 0.4) is 0 Å². The highest BCUT2D eigenvalue weighted by Crippen LogP contribution is 2.16. The Hall–Kier alpha value is -3.47. The number of hydrogen-bond donors (Lipinski definition) is 2. The van der Waals surface area contributed by atoms with Crippen LogP contribution < -0.4 is 10.7 Å². The van der Waals surface area contributed by atoms with Crippen LogP contribution in [0.4, 0.5) is 0 Å². The van der Waals surface area contributed by atoms with Gasteiger partial charge >= 0.3 is 11.8 Å². The van der Waals surface area contributed by atoms with Crippen molar-refractivity contribution in [3.8, 4) is 0 Å². The van der Waals surface area contributed by atoms with E-state index in [1.165, 1.54) is 6.21 Å². The van der Waals surface area contributed by atoms with Crippen molar-refractivity contribution < 1.29 is 9.59 Å². The Labute approximate surface area is 145 Å². The van der Waals surface area contributed by atoms with Crippen LogP contribution in [0.2, 0.25) is 0 Å². The summed E-state index contributed by atoms with van der Waals surface area (Å²) in [5, 5.41) is 8.54. The predicted octanol–water partition coefficient (Wildman–Crippen LogP) is 2.61. The second-order valence-corrected chi connectivity index (χ2v) is 5.44. The normalized spacial score (nSPS) is 10.7. The largest absolute Gasteiger partial charge is 0.344 e. The van der Waals surface area contributed by atoms with Crippen LogP contribution in [0.1, 0.15) is 11.1 Å². The molecule has 0 aliphatic rings. The van der Waals surface area contributed by atoms with E-state index in [0.717, 1.165) is 21.9 Å². The molecule has 0 spiro atoms. The molecule has 0 fully saturated rings. The van der Waals surface area contributed by atoms with Crippen molar-refractivity contribution in [3.05, 3.63) is 83.9 Å². The monoisotopic (exact) mass is 331 g/mol. The van der Waals surface area contributed by atoms with Crippen LogP contribution in [-0.4, -0.2) is 18.0 Å². The Morgan fingerprint density at radius 1 is 0.840 bits per heavy atom. The van der Waals surface area contributed by atoms with Crippen LogP contribution in [0, 0.1) is 0 Å². The summed E-state index contributed by atoms with van der Waals surface area (Å²) in [4.78, 5) is 23.6. The Bertz CT molecular complexity index is 915. The molecule has 5 nitrogen and oxygen atoms in total. The van der Waals surface area contributed by atoms with Gasteiger partial charge in [0, 0.05) is 12.1 Å². The van der Waals surface area contributed by atoms with Crippen molar-refractivity contribution in [2.24, 2.45) is 5.10 Å². The van der Waals surface area contributed by atoms with Gasteiger partial charge in [0.1, 0.15) is 0 Å². The fourth-order valence-corrected chi connectivity index (χ4v) is 2.43. The summed E-state index contributed by atoms with van der Waals surface area (Å²) < 4.78 is 0. The first-order valence-corrected chi connectivity index (χ1v) is 7.87. The number of carbonyl (C=O) groups is 2. The van der Waals surface area contributed by atoms with Crippen molar-refractivity contribution >= 4 is 28.8 Å². The number of benzene rings is 3. The van der Waals surface area contributed by atoms with Gasteiger partial charge in [-0.15, -0.1) is 0 Å². The molecule has 0 unspecified atom stereocenters. The summed E-state index contributed by atoms with van der Waals surface area (Å²) in [7, 11) is 0. The highest BCUT2D eigenvalue weighted by molar-refractivity contribution is 6.35. The summed E-state index contributed by atoms with van der Waals surface area (Å²) in [6.45, 7) is 0.292. The van der Waals surface area contributed by atoms with E-state index < -0.39 is 11.8 Å². The predicted molar refractivity (Wildman–Crippen MR) is 98.0 cm³/mol. The van der Waals surface area contributed by atoms with E-state index in [4.69, 9.17) is 0 Å². The lowest BCUT2D eigenvalue weighted by Crippen LogP contribution is -2.37. The quantitative estimate of drug-likeness (QED) is 0.438. The molecule has 2 N–H and O–H groups in total. The number of amides is 2. The van der Waals surface area contributed by atoms with Crippen LogP contribution in [0.15, 0.2) is 77.9 Å². The van der Waals surface area contributed by atoms with Crippen molar-refractivity contribution in [1.82, 2.24) is 10.7 Å². The van der Waals surface area contributed by atoms with Gasteiger partial charge in [-0.2, -0.15) is 5.10 Å². The molecule has 3 aromatic carbocycles. The summed E-state index contributed by atoms with van der Waals surface area (Å²) in [5.41, 5.74) is 4.03. The van der Waals surface area contributed by atoms with Gasteiger partial charge < -0.3 is 5.32 Å². The molecular formula is C20H17N3O2. The Kier molecular flexibility index (Phi) is 5.16. The fraction of sp³-hybridized carbons (Fsp3) is 0.0500. The minimum Gasteiger partial charge on any atom is -0.344 e. The summed E-state index contributed by atoms with van der Waals surface area (Å²) in [6, 6.07) is 23.1. The zero-order chi connectivity index (χ0) is 17.5. The molecule has 0 heterocycles. The molecular weight excluding hydrogens is 314 g/mol. The van der Waals surface area contributed by atoms with Gasteiger partial charge in [0.25, 0.3) is 0 Å². The first kappa shape index (κ1) is 16.4. The van der Waals surface area contributed by atoms with E-state index in [1.807, 2.05) is 72.8 Å². The number of rotatable bonds is 4. The van der Waals surface area contributed by atoms with E-state index in [-0.39, 0.29) is 0 Å². The van der Waals surface area contributed by atoms with Gasteiger partial charge in [0.05, 0.1) is 6.21 Å². The van der Waals surface area contributed by atoms with Crippen LogP contribution in [-0.2, 0) is 16.1 Å². The van der Waals surface area contributed by atoms with Gasteiger partial charge in [0.2, 0.25) is 0 Å². The Balaban J connectivity index is 1.57. The molecule has 5 heteroatoms. The lowest BCUT2D eigenvalue weighted by Gasteiger charge is -2.04. The molecule has 0 saturated carbocycles. The van der Waals surface area contributed by atoms with Crippen molar-refractivity contribution in [3.63, 3.8) is 0 Å². The lowest BCUT2D eigenvalue weighted by atomic mass is 10.1. The SMILES string of the molecule is O=C(NCc1ccccc1)C(=O)N/N=C/c1cccc2ccccc12. The number of hydrazone groups is 1. The standard InChI is InChI=1S/C20H17N3O2/c24-19(21-13-15-7-2-1-3-8-15)20(25)23-22-14-17-11-6-10-16-9-4-5-12-18(16)17/h1-12,14H,13H2,(H,21,24)(H,23,25)/b22-14+. The van der Waals surface area contributed by atoms with Crippen LogP contribution in [0.5, 0.6) is 0 Å². The van der Waals surface area contributed by atoms with Crippen LogP contribution in [0.25, 0.3) is 10.8 Å². The number of hydrogen-bond acceptors (Lipinski definition) is 3. The topological polar surface area (TPSA) is 70.6 Å². The maximum Gasteiger partial charge on any atom is 0.329 e. The first-order chi connectivity index (χ1) is 12.2. The lowest BCUT2D eigenvalue weighted by molar-refractivity contribution is -0.139. The first-order valence-electron chi connectivity index (χ1n) is 7.87. The molecule has 3 aromatic rings. The maximum atomic E-state index is 11.8. The Morgan fingerprint density at radius 3 is 2.40 bits per heavy atom. The number of fused-ring (bicyclic) bond motifs is 1. The number of carbonyl (C=O) groups excluding carboxylic acids is 2. The zero-order valence-electron chi connectivity index (χ0n) is 13.5. The number of nitrogens with zero attached hydrogens (tertiary/aromatic N) is 1. The highest BCUT2D eigenvalue weighted by atomic mass is 16.2. The maximum absolute atomic E-state index is 11.8. The van der Waals surface area contributed by atoms with Gasteiger partial charge in [-0.05, 0) is 16.3 Å².